The Bertz CT molecular complexity index is 390. The van der Waals surface area contributed by atoms with Crippen LogP contribution in [0.25, 0.3) is 0 Å². The van der Waals surface area contributed by atoms with E-state index in [1.807, 2.05) is 12.1 Å². The fourth-order valence-electron chi connectivity index (χ4n) is 3.34. The van der Waals surface area contributed by atoms with Gasteiger partial charge in [-0.05, 0) is 56.0 Å². The van der Waals surface area contributed by atoms with Crippen LogP contribution in [-0.2, 0) is 6.54 Å². The number of rotatable bonds is 6. The van der Waals surface area contributed by atoms with E-state index in [4.69, 9.17) is 10.5 Å². The lowest BCUT2D eigenvalue weighted by Gasteiger charge is -2.33. The maximum atomic E-state index is 5.92. The molecular weight excluding hydrogens is 248 g/mol. The summed E-state index contributed by atoms with van der Waals surface area (Å²) < 4.78 is 5.20. The Kier molecular flexibility index (Phi) is 5.86. The zero-order valence-electron chi connectivity index (χ0n) is 12.8. The molecule has 2 unspecified atom stereocenters. The molecule has 1 fully saturated rings. The number of hydrogen-bond acceptors (Lipinski definition) is 3. The lowest BCUT2D eigenvalue weighted by molar-refractivity contribution is 0.170. The second-order valence-electron chi connectivity index (χ2n) is 6.09. The van der Waals surface area contributed by atoms with Gasteiger partial charge in [0.05, 0.1) is 7.11 Å². The normalized spacial score (nSPS) is 23.0. The van der Waals surface area contributed by atoms with Crippen LogP contribution < -0.4 is 10.5 Å². The Hall–Kier alpha value is -1.06. The number of nitrogens with two attached hydrogens (primary N) is 1. The molecule has 0 aliphatic heterocycles. The summed E-state index contributed by atoms with van der Waals surface area (Å²) in [6.45, 7) is 3.01. The quantitative estimate of drug-likeness (QED) is 0.868. The molecule has 0 saturated heterocycles. The fraction of sp³-hybridized carbons (Fsp3) is 0.647. The van der Waals surface area contributed by atoms with E-state index in [2.05, 4.69) is 24.1 Å². The maximum absolute atomic E-state index is 5.92. The lowest BCUT2D eigenvalue weighted by Crippen LogP contribution is -2.35. The van der Waals surface area contributed by atoms with Gasteiger partial charge in [0.2, 0.25) is 0 Å². The van der Waals surface area contributed by atoms with E-state index in [-0.39, 0.29) is 0 Å². The van der Waals surface area contributed by atoms with Crippen LogP contribution in [0, 0.1) is 11.8 Å². The Labute approximate surface area is 123 Å². The second-order valence-corrected chi connectivity index (χ2v) is 6.09. The van der Waals surface area contributed by atoms with Gasteiger partial charge in [-0.15, -0.1) is 0 Å². The van der Waals surface area contributed by atoms with E-state index in [9.17, 15) is 0 Å². The first-order valence-electron chi connectivity index (χ1n) is 7.74. The summed E-state index contributed by atoms with van der Waals surface area (Å²) in [5, 5.41) is 0. The molecule has 0 aromatic heterocycles. The lowest BCUT2D eigenvalue weighted by atomic mass is 9.79. The molecule has 1 saturated carbocycles. The predicted octanol–water partition coefficient (Wildman–Crippen LogP) is 2.89. The average Bonchev–Trinajstić information content (AvgIpc) is 2.48. The van der Waals surface area contributed by atoms with Gasteiger partial charge in [-0.25, -0.2) is 0 Å². The third-order valence-electron chi connectivity index (χ3n) is 4.53. The van der Waals surface area contributed by atoms with Crippen molar-refractivity contribution in [3.63, 3.8) is 0 Å². The molecule has 3 nitrogen and oxygen atoms in total. The summed E-state index contributed by atoms with van der Waals surface area (Å²) >= 11 is 0. The molecule has 1 aromatic carbocycles. The Morgan fingerprint density at radius 3 is 2.40 bits per heavy atom. The smallest absolute Gasteiger partial charge is 0.118 e. The molecule has 2 N–H and O–H groups in total. The number of methoxy groups -OCH3 is 1. The Morgan fingerprint density at radius 1 is 1.15 bits per heavy atom. The first kappa shape index (κ1) is 15.3. The summed E-state index contributed by atoms with van der Waals surface area (Å²) in [5.74, 6) is 2.42. The molecule has 0 spiro atoms. The molecule has 1 aliphatic rings. The van der Waals surface area contributed by atoms with Gasteiger partial charge in [-0.2, -0.15) is 0 Å². The van der Waals surface area contributed by atoms with Crippen molar-refractivity contribution >= 4 is 0 Å². The van der Waals surface area contributed by atoms with Crippen LogP contribution in [0.5, 0.6) is 5.75 Å². The standard InChI is InChI=1S/C17H28N2O/c1-19(12-14-7-9-17(20-2)10-8-14)13-16-6-4-3-5-15(16)11-18/h7-10,15-16H,3-6,11-13,18H2,1-2H3. The highest BCUT2D eigenvalue weighted by atomic mass is 16.5. The van der Waals surface area contributed by atoms with Crippen molar-refractivity contribution in [2.75, 3.05) is 27.2 Å². The van der Waals surface area contributed by atoms with Crippen molar-refractivity contribution < 1.29 is 4.74 Å². The SMILES string of the molecule is COc1ccc(CN(C)CC2CCCCC2CN)cc1. The highest BCUT2D eigenvalue weighted by molar-refractivity contribution is 5.27. The van der Waals surface area contributed by atoms with E-state index in [1.165, 1.54) is 31.2 Å². The van der Waals surface area contributed by atoms with E-state index in [1.54, 1.807) is 7.11 Å². The van der Waals surface area contributed by atoms with Gasteiger partial charge in [0, 0.05) is 13.1 Å². The second kappa shape index (κ2) is 7.65. The van der Waals surface area contributed by atoms with E-state index >= 15 is 0 Å². The molecule has 0 amide bonds. The van der Waals surface area contributed by atoms with Crippen LogP contribution in [-0.4, -0.2) is 32.1 Å². The van der Waals surface area contributed by atoms with E-state index < -0.39 is 0 Å². The highest BCUT2D eigenvalue weighted by Gasteiger charge is 2.24. The van der Waals surface area contributed by atoms with Crippen LogP contribution in [0.4, 0.5) is 0 Å². The molecule has 2 rings (SSSR count). The fourth-order valence-corrected chi connectivity index (χ4v) is 3.34. The summed E-state index contributed by atoms with van der Waals surface area (Å²) in [4.78, 5) is 2.43. The summed E-state index contributed by atoms with van der Waals surface area (Å²) in [6.07, 6.45) is 5.39. The predicted molar refractivity (Wildman–Crippen MR) is 83.8 cm³/mol. The molecule has 1 aliphatic carbocycles. The number of hydrogen-bond donors (Lipinski definition) is 1. The molecule has 3 heteroatoms. The molecule has 112 valence electrons. The Balaban J connectivity index is 1.85. The van der Waals surface area contributed by atoms with Crippen molar-refractivity contribution in [2.24, 2.45) is 17.6 Å². The first-order valence-corrected chi connectivity index (χ1v) is 7.74. The number of benzene rings is 1. The monoisotopic (exact) mass is 276 g/mol. The van der Waals surface area contributed by atoms with Crippen LogP contribution in [0.2, 0.25) is 0 Å². The van der Waals surface area contributed by atoms with Crippen LogP contribution in [0.1, 0.15) is 31.2 Å². The molecule has 1 aromatic rings. The first-order chi connectivity index (χ1) is 9.72. The minimum atomic E-state index is 0.724. The zero-order chi connectivity index (χ0) is 14.4. The van der Waals surface area contributed by atoms with Gasteiger partial charge in [-0.1, -0.05) is 25.0 Å². The summed E-state index contributed by atoms with van der Waals surface area (Å²) in [7, 11) is 3.92. The topological polar surface area (TPSA) is 38.5 Å². The van der Waals surface area contributed by atoms with Crippen molar-refractivity contribution in [3.05, 3.63) is 29.8 Å². The molecule has 20 heavy (non-hydrogen) atoms. The zero-order valence-corrected chi connectivity index (χ0v) is 12.8. The third kappa shape index (κ3) is 4.22. The molecule has 2 atom stereocenters. The van der Waals surface area contributed by atoms with Gasteiger partial charge in [0.25, 0.3) is 0 Å². The molecular formula is C17H28N2O. The molecule has 0 bridgehead atoms. The van der Waals surface area contributed by atoms with Gasteiger partial charge in [0.15, 0.2) is 0 Å². The minimum absolute atomic E-state index is 0.724. The van der Waals surface area contributed by atoms with E-state index in [0.717, 1.165) is 37.2 Å². The highest BCUT2D eigenvalue weighted by Crippen LogP contribution is 2.30. The maximum Gasteiger partial charge on any atom is 0.118 e. The van der Waals surface area contributed by atoms with Crippen molar-refractivity contribution in [1.82, 2.24) is 4.90 Å². The van der Waals surface area contributed by atoms with Gasteiger partial charge < -0.3 is 15.4 Å². The van der Waals surface area contributed by atoms with Gasteiger partial charge in [0.1, 0.15) is 5.75 Å². The van der Waals surface area contributed by atoms with E-state index in [0.29, 0.717) is 0 Å². The van der Waals surface area contributed by atoms with Crippen LogP contribution >= 0.6 is 0 Å². The molecule has 0 radical (unpaired) electrons. The number of ether oxygens (including phenoxy) is 1. The van der Waals surface area contributed by atoms with Crippen LogP contribution in [0.15, 0.2) is 24.3 Å². The summed E-state index contributed by atoms with van der Waals surface area (Å²) in [6, 6.07) is 8.37. The van der Waals surface area contributed by atoms with Crippen molar-refractivity contribution in [1.29, 1.82) is 0 Å². The van der Waals surface area contributed by atoms with Gasteiger partial charge >= 0.3 is 0 Å². The number of nitrogens with zero attached hydrogens (tertiary/aromatic N) is 1. The largest absolute Gasteiger partial charge is 0.497 e. The summed E-state index contributed by atoms with van der Waals surface area (Å²) in [5.41, 5.74) is 7.26. The van der Waals surface area contributed by atoms with Gasteiger partial charge in [-0.3, -0.25) is 0 Å². The van der Waals surface area contributed by atoms with Crippen molar-refractivity contribution in [3.8, 4) is 5.75 Å². The molecule has 0 heterocycles. The Morgan fingerprint density at radius 2 is 1.80 bits per heavy atom. The van der Waals surface area contributed by atoms with Crippen LogP contribution in [0.3, 0.4) is 0 Å². The van der Waals surface area contributed by atoms with Crippen molar-refractivity contribution in [2.45, 2.75) is 32.2 Å². The third-order valence-corrected chi connectivity index (χ3v) is 4.53. The minimum Gasteiger partial charge on any atom is -0.497 e. The average molecular weight is 276 g/mol.